The number of likely N-dealkylation sites (tertiary alicyclic amines) is 1. The van der Waals surface area contributed by atoms with Gasteiger partial charge in [-0.2, -0.15) is 0 Å². The Bertz CT molecular complexity index is 532. The Hall–Kier alpha value is -0.980. The maximum atomic E-state index is 10.9. The Morgan fingerprint density at radius 3 is 2.52 bits per heavy atom. The highest BCUT2D eigenvalue weighted by molar-refractivity contribution is 9.10. The summed E-state index contributed by atoms with van der Waals surface area (Å²) in [4.78, 5) is 13.2. The van der Waals surface area contributed by atoms with Crippen LogP contribution in [0.1, 0.15) is 18.4 Å². The average molecular weight is 379 g/mol. The van der Waals surface area contributed by atoms with Crippen LogP contribution in [0, 0.1) is 5.92 Å². The number of hydrogen-bond acceptors (Lipinski definition) is 4. The van der Waals surface area contributed by atoms with E-state index in [4.69, 9.17) is 14.6 Å². The highest BCUT2D eigenvalue weighted by Crippen LogP contribution is 2.37. The van der Waals surface area contributed by atoms with Crippen molar-refractivity contribution in [2.75, 3.05) is 19.9 Å². The Morgan fingerprint density at radius 1 is 1.29 bits per heavy atom. The van der Waals surface area contributed by atoms with Gasteiger partial charge >= 0.3 is 5.97 Å². The molecule has 2 aliphatic heterocycles. The third-order valence-corrected chi connectivity index (χ3v) is 4.61. The molecule has 2 aliphatic rings. The summed E-state index contributed by atoms with van der Waals surface area (Å²) in [6, 6.07) is 3.93. The number of hydrogen-bond donors (Lipinski definition) is 1. The quantitative estimate of drug-likeness (QED) is 0.876. The van der Waals surface area contributed by atoms with E-state index in [1.807, 2.05) is 12.1 Å². The Morgan fingerprint density at radius 2 is 1.90 bits per heavy atom. The average Bonchev–Trinajstić information content (AvgIpc) is 2.87. The Kier molecular flexibility index (Phi) is 5.35. The number of nitrogens with zero attached hydrogens (tertiary/aromatic N) is 1. The molecule has 0 atom stereocenters. The normalized spacial score (nSPS) is 18.3. The molecule has 1 aromatic rings. The van der Waals surface area contributed by atoms with Gasteiger partial charge in [0.2, 0.25) is 6.79 Å². The van der Waals surface area contributed by atoms with Gasteiger partial charge in [-0.25, -0.2) is 0 Å². The molecular weight excluding hydrogens is 362 g/mol. The first-order chi connectivity index (χ1) is 9.63. The zero-order chi connectivity index (χ0) is 14.1. The number of fused-ring (bicyclic) bond motifs is 1. The lowest BCUT2D eigenvalue weighted by Gasteiger charge is -2.30. The molecule has 116 valence electrons. The van der Waals surface area contributed by atoms with E-state index in [1.165, 1.54) is 0 Å². The molecule has 7 heteroatoms. The first-order valence-corrected chi connectivity index (χ1v) is 7.46. The number of aliphatic carboxylic acids is 1. The van der Waals surface area contributed by atoms with Crippen LogP contribution in [0.25, 0.3) is 0 Å². The number of halogens is 2. The van der Waals surface area contributed by atoms with Crippen molar-refractivity contribution in [1.82, 2.24) is 4.90 Å². The number of benzene rings is 1. The van der Waals surface area contributed by atoms with Crippen LogP contribution in [0.15, 0.2) is 16.6 Å². The van der Waals surface area contributed by atoms with E-state index in [1.54, 1.807) is 0 Å². The summed E-state index contributed by atoms with van der Waals surface area (Å²) >= 11 is 3.56. The van der Waals surface area contributed by atoms with E-state index in [-0.39, 0.29) is 25.1 Å². The minimum Gasteiger partial charge on any atom is -0.481 e. The molecule has 21 heavy (non-hydrogen) atoms. The van der Waals surface area contributed by atoms with Gasteiger partial charge in [-0.1, -0.05) is 15.9 Å². The smallest absolute Gasteiger partial charge is 0.306 e. The minimum absolute atomic E-state index is 0. The topological polar surface area (TPSA) is 59.0 Å². The van der Waals surface area contributed by atoms with Crippen LogP contribution in [0.4, 0.5) is 0 Å². The number of carbonyl (C=O) groups is 1. The molecule has 1 aromatic carbocycles. The molecule has 2 heterocycles. The fourth-order valence-corrected chi connectivity index (χ4v) is 3.11. The molecule has 0 spiro atoms. The van der Waals surface area contributed by atoms with Crippen molar-refractivity contribution in [2.24, 2.45) is 5.92 Å². The first-order valence-electron chi connectivity index (χ1n) is 6.66. The van der Waals surface area contributed by atoms with Crippen molar-refractivity contribution in [1.29, 1.82) is 0 Å². The molecule has 0 aliphatic carbocycles. The van der Waals surface area contributed by atoms with Crippen LogP contribution in [0.3, 0.4) is 0 Å². The summed E-state index contributed by atoms with van der Waals surface area (Å²) in [5.74, 6) is 0.689. The van der Waals surface area contributed by atoms with Crippen molar-refractivity contribution in [3.63, 3.8) is 0 Å². The molecule has 5 nitrogen and oxygen atoms in total. The highest BCUT2D eigenvalue weighted by Gasteiger charge is 2.25. The molecule has 0 unspecified atom stereocenters. The lowest BCUT2D eigenvalue weighted by Crippen LogP contribution is -2.35. The largest absolute Gasteiger partial charge is 0.481 e. The summed E-state index contributed by atoms with van der Waals surface area (Å²) in [6.45, 7) is 2.70. The summed E-state index contributed by atoms with van der Waals surface area (Å²) in [5, 5.41) is 9.01. The molecule has 1 fully saturated rings. The molecule has 1 saturated heterocycles. The third kappa shape index (κ3) is 3.62. The molecule has 0 radical (unpaired) electrons. The maximum absolute atomic E-state index is 10.9. The van der Waals surface area contributed by atoms with E-state index in [9.17, 15) is 4.79 Å². The second-order valence-electron chi connectivity index (χ2n) is 5.19. The molecule has 0 amide bonds. The summed E-state index contributed by atoms with van der Waals surface area (Å²) in [7, 11) is 0. The van der Waals surface area contributed by atoms with Gasteiger partial charge in [-0.3, -0.25) is 9.69 Å². The summed E-state index contributed by atoms with van der Waals surface area (Å²) in [5.41, 5.74) is 1.14. The van der Waals surface area contributed by atoms with Crippen molar-refractivity contribution >= 4 is 34.3 Å². The number of carboxylic acid groups (broad SMARTS) is 1. The summed E-state index contributed by atoms with van der Waals surface area (Å²) in [6.07, 6.45) is 1.44. The van der Waals surface area contributed by atoms with Crippen LogP contribution >= 0.6 is 28.3 Å². The number of rotatable bonds is 3. The van der Waals surface area contributed by atoms with E-state index < -0.39 is 5.97 Å². The predicted molar refractivity (Wildman–Crippen MR) is 83.1 cm³/mol. The second kappa shape index (κ2) is 6.85. The summed E-state index contributed by atoms with van der Waals surface area (Å²) < 4.78 is 11.7. The monoisotopic (exact) mass is 377 g/mol. The van der Waals surface area contributed by atoms with Crippen LogP contribution in [-0.2, 0) is 11.3 Å². The van der Waals surface area contributed by atoms with Gasteiger partial charge < -0.3 is 14.6 Å². The minimum atomic E-state index is -0.672. The Labute approximate surface area is 137 Å². The zero-order valence-corrected chi connectivity index (χ0v) is 13.8. The van der Waals surface area contributed by atoms with Crippen molar-refractivity contribution in [2.45, 2.75) is 19.4 Å². The molecular formula is C14H17BrClNO4. The van der Waals surface area contributed by atoms with Gasteiger partial charge in [-0.15, -0.1) is 12.4 Å². The van der Waals surface area contributed by atoms with Crippen molar-refractivity contribution < 1.29 is 19.4 Å². The van der Waals surface area contributed by atoms with Crippen molar-refractivity contribution in [3.8, 4) is 11.5 Å². The second-order valence-corrected chi connectivity index (χ2v) is 6.04. The fourth-order valence-electron chi connectivity index (χ4n) is 2.66. The van der Waals surface area contributed by atoms with Gasteiger partial charge in [0.1, 0.15) is 0 Å². The van der Waals surface area contributed by atoms with E-state index in [2.05, 4.69) is 20.8 Å². The molecule has 1 N–H and O–H groups in total. The lowest BCUT2D eigenvalue weighted by atomic mass is 9.97. The van der Waals surface area contributed by atoms with Gasteiger partial charge in [0.15, 0.2) is 11.5 Å². The van der Waals surface area contributed by atoms with E-state index in [0.717, 1.165) is 54.0 Å². The van der Waals surface area contributed by atoms with Gasteiger partial charge in [0.05, 0.1) is 5.92 Å². The van der Waals surface area contributed by atoms with Gasteiger partial charge in [0.25, 0.3) is 0 Å². The SMILES string of the molecule is Cl.O=C(O)C1CCN(Cc2cc3c(cc2Br)OCO3)CC1. The van der Waals surface area contributed by atoms with Crippen molar-refractivity contribution in [3.05, 3.63) is 22.2 Å². The van der Waals surface area contributed by atoms with Crippen LogP contribution < -0.4 is 9.47 Å². The zero-order valence-electron chi connectivity index (χ0n) is 11.4. The van der Waals surface area contributed by atoms with Gasteiger partial charge in [0, 0.05) is 11.0 Å². The Balaban J connectivity index is 0.00000161. The molecule has 0 bridgehead atoms. The maximum Gasteiger partial charge on any atom is 0.306 e. The lowest BCUT2D eigenvalue weighted by molar-refractivity contribution is -0.143. The highest BCUT2D eigenvalue weighted by atomic mass is 79.9. The van der Waals surface area contributed by atoms with E-state index >= 15 is 0 Å². The van der Waals surface area contributed by atoms with Crippen LogP contribution in [0.5, 0.6) is 11.5 Å². The number of piperidine rings is 1. The van der Waals surface area contributed by atoms with Crippen LogP contribution in [-0.4, -0.2) is 35.9 Å². The third-order valence-electron chi connectivity index (χ3n) is 3.87. The first kappa shape index (κ1) is 16.4. The molecule has 0 aromatic heterocycles. The molecule has 3 rings (SSSR count). The number of ether oxygens (including phenoxy) is 2. The molecule has 0 saturated carbocycles. The van der Waals surface area contributed by atoms with E-state index in [0.29, 0.717) is 0 Å². The van der Waals surface area contributed by atoms with Gasteiger partial charge in [-0.05, 0) is 43.6 Å². The fraction of sp³-hybridized carbons (Fsp3) is 0.500. The standard InChI is InChI=1S/C14H16BrNO4.ClH/c15-11-6-13-12(19-8-20-13)5-10(11)7-16-3-1-9(2-4-16)14(17)18;/h5-6,9H,1-4,7-8H2,(H,17,18);1H. The van der Waals surface area contributed by atoms with Crippen LogP contribution in [0.2, 0.25) is 0 Å². The predicted octanol–water partition coefficient (Wildman–Crippen LogP) is 2.90. The number of carboxylic acids is 1.